The highest BCUT2D eigenvalue weighted by Crippen LogP contribution is 2.13. The Kier molecular flexibility index (Phi) is 6.28. The Labute approximate surface area is 127 Å². The first-order valence-corrected chi connectivity index (χ1v) is 7.62. The second-order valence-corrected chi connectivity index (χ2v) is 5.38. The van der Waals surface area contributed by atoms with Crippen molar-refractivity contribution in [2.24, 2.45) is 0 Å². The third-order valence-electron chi connectivity index (χ3n) is 3.66. The number of rotatable bonds is 9. The highest BCUT2D eigenvalue weighted by molar-refractivity contribution is 5.27. The van der Waals surface area contributed by atoms with Crippen LogP contribution in [-0.4, -0.2) is 29.7 Å². The van der Waals surface area contributed by atoms with E-state index in [1.807, 2.05) is 18.3 Å². The van der Waals surface area contributed by atoms with Crippen molar-refractivity contribution in [1.29, 1.82) is 0 Å². The van der Waals surface area contributed by atoms with Crippen LogP contribution in [0, 0.1) is 0 Å². The molecule has 114 valence electrons. The number of aryl methyl sites for hydroxylation is 2. The third-order valence-corrected chi connectivity index (χ3v) is 3.66. The van der Waals surface area contributed by atoms with E-state index in [-0.39, 0.29) is 0 Å². The monoisotopic (exact) mass is 287 g/mol. The summed E-state index contributed by atoms with van der Waals surface area (Å²) in [7, 11) is 1.70. The summed E-state index contributed by atoms with van der Waals surface area (Å²) in [6, 6.07) is 8.86. The van der Waals surface area contributed by atoms with Crippen LogP contribution < -0.4 is 10.1 Å². The zero-order chi connectivity index (χ0) is 14.9. The molecule has 0 amide bonds. The number of imidazole rings is 1. The molecule has 4 nitrogen and oxygen atoms in total. The molecule has 2 N–H and O–H groups in total. The maximum atomic E-state index is 5.17. The molecule has 0 saturated heterocycles. The number of aromatic amines is 1. The fraction of sp³-hybridized carbons (Fsp3) is 0.471. The minimum Gasteiger partial charge on any atom is -0.497 e. The van der Waals surface area contributed by atoms with Crippen LogP contribution in [0.2, 0.25) is 0 Å². The van der Waals surface area contributed by atoms with Crippen molar-refractivity contribution in [3.63, 3.8) is 0 Å². The van der Waals surface area contributed by atoms with Gasteiger partial charge in [-0.1, -0.05) is 12.1 Å². The molecule has 0 saturated carbocycles. The molecule has 1 unspecified atom stereocenters. The van der Waals surface area contributed by atoms with Crippen LogP contribution in [0.15, 0.2) is 36.7 Å². The molecule has 0 fully saturated rings. The Morgan fingerprint density at radius 2 is 2.05 bits per heavy atom. The van der Waals surface area contributed by atoms with Gasteiger partial charge in [-0.2, -0.15) is 0 Å². The van der Waals surface area contributed by atoms with Gasteiger partial charge in [0, 0.05) is 24.9 Å². The van der Waals surface area contributed by atoms with Gasteiger partial charge in [-0.3, -0.25) is 0 Å². The second-order valence-electron chi connectivity index (χ2n) is 5.38. The predicted molar refractivity (Wildman–Crippen MR) is 85.7 cm³/mol. The van der Waals surface area contributed by atoms with Gasteiger partial charge in [-0.05, 0) is 50.4 Å². The summed E-state index contributed by atoms with van der Waals surface area (Å²) in [6.07, 6.45) is 8.04. The van der Waals surface area contributed by atoms with E-state index < -0.39 is 0 Å². The molecule has 1 atom stereocenters. The lowest BCUT2D eigenvalue weighted by Gasteiger charge is -2.13. The zero-order valence-corrected chi connectivity index (χ0v) is 12.9. The molecular weight excluding hydrogens is 262 g/mol. The van der Waals surface area contributed by atoms with Crippen molar-refractivity contribution in [3.05, 3.63) is 48.0 Å². The molecule has 4 heteroatoms. The van der Waals surface area contributed by atoms with Gasteiger partial charge in [0.25, 0.3) is 0 Å². The fourth-order valence-corrected chi connectivity index (χ4v) is 2.32. The predicted octanol–water partition coefficient (Wildman–Crippen LogP) is 2.96. The van der Waals surface area contributed by atoms with Crippen molar-refractivity contribution < 1.29 is 4.74 Å². The van der Waals surface area contributed by atoms with E-state index in [9.17, 15) is 0 Å². The first-order valence-electron chi connectivity index (χ1n) is 7.62. The van der Waals surface area contributed by atoms with E-state index >= 15 is 0 Å². The molecule has 1 heterocycles. The number of H-pyrrole nitrogens is 1. The summed E-state index contributed by atoms with van der Waals surface area (Å²) in [4.78, 5) is 7.36. The Hall–Kier alpha value is -1.81. The Balaban J connectivity index is 1.59. The SMILES string of the molecule is COc1ccc(CCC(C)NCCCc2ncc[nH]2)cc1. The normalized spacial score (nSPS) is 12.3. The Morgan fingerprint density at radius 1 is 1.24 bits per heavy atom. The molecule has 0 radical (unpaired) electrons. The van der Waals surface area contributed by atoms with Crippen molar-refractivity contribution in [2.45, 2.75) is 38.6 Å². The quantitative estimate of drug-likeness (QED) is 0.697. The highest BCUT2D eigenvalue weighted by Gasteiger charge is 2.03. The van der Waals surface area contributed by atoms with Gasteiger partial charge in [0.1, 0.15) is 11.6 Å². The molecule has 0 aliphatic heterocycles. The van der Waals surface area contributed by atoms with E-state index in [0.29, 0.717) is 6.04 Å². The summed E-state index contributed by atoms with van der Waals surface area (Å²) >= 11 is 0. The molecule has 21 heavy (non-hydrogen) atoms. The molecule has 1 aromatic heterocycles. The van der Waals surface area contributed by atoms with E-state index in [4.69, 9.17) is 4.74 Å². The van der Waals surface area contributed by atoms with Crippen LogP contribution in [0.4, 0.5) is 0 Å². The standard InChI is InChI=1S/C17H25N3O/c1-14(18-11-3-4-17-19-12-13-20-17)5-6-15-7-9-16(21-2)10-8-15/h7-10,12-14,18H,3-6,11H2,1-2H3,(H,19,20). The molecular formula is C17H25N3O. The summed E-state index contributed by atoms with van der Waals surface area (Å²) in [5.41, 5.74) is 1.36. The lowest BCUT2D eigenvalue weighted by Crippen LogP contribution is -2.27. The van der Waals surface area contributed by atoms with E-state index in [2.05, 4.69) is 34.3 Å². The topological polar surface area (TPSA) is 49.9 Å². The third kappa shape index (κ3) is 5.60. The van der Waals surface area contributed by atoms with Gasteiger partial charge >= 0.3 is 0 Å². The van der Waals surface area contributed by atoms with Gasteiger partial charge in [-0.25, -0.2) is 4.98 Å². The van der Waals surface area contributed by atoms with Gasteiger partial charge in [0.2, 0.25) is 0 Å². The summed E-state index contributed by atoms with van der Waals surface area (Å²) in [5, 5.41) is 3.57. The van der Waals surface area contributed by atoms with Gasteiger partial charge in [-0.15, -0.1) is 0 Å². The number of methoxy groups -OCH3 is 1. The van der Waals surface area contributed by atoms with Gasteiger partial charge in [0.05, 0.1) is 7.11 Å². The second kappa shape index (κ2) is 8.47. The van der Waals surface area contributed by atoms with Crippen molar-refractivity contribution >= 4 is 0 Å². The van der Waals surface area contributed by atoms with Crippen LogP contribution in [0.25, 0.3) is 0 Å². The number of nitrogens with zero attached hydrogens (tertiary/aromatic N) is 1. The lowest BCUT2D eigenvalue weighted by molar-refractivity contribution is 0.414. The number of benzene rings is 1. The van der Waals surface area contributed by atoms with E-state index in [1.54, 1.807) is 13.3 Å². The number of nitrogens with one attached hydrogen (secondary N) is 2. The average molecular weight is 287 g/mol. The minimum atomic E-state index is 0.531. The maximum absolute atomic E-state index is 5.17. The smallest absolute Gasteiger partial charge is 0.118 e. The van der Waals surface area contributed by atoms with Gasteiger partial charge in [0.15, 0.2) is 0 Å². The Bertz CT molecular complexity index is 493. The van der Waals surface area contributed by atoms with Crippen LogP contribution in [0.1, 0.15) is 31.2 Å². The molecule has 0 bridgehead atoms. The molecule has 0 aliphatic rings. The summed E-state index contributed by atoms with van der Waals surface area (Å²) in [6.45, 7) is 3.28. The van der Waals surface area contributed by atoms with Gasteiger partial charge < -0.3 is 15.0 Å². The van der Waals surface area contributed by atoms with Crippen LogP contribution in [0.3, 0.4) is 0 Å². The Morgan fingerprint density at radius 3 is 2.71 bits per heavy atom. The molecule has 0 aliphatic carbocycles. The van der Waals surface area contributed by atoms with Crippen LogP contribution in [0.5, 0.6) is 5.75 Å². The van der Waals surface area contributed by atoms with Crippen LogP contribution >= 0.6 is 0 Å². The average Bonchev–Trinajstić information content (AvgIpc) is 3.03. The summed E-state index contributed by atoms with van der Waals surface area (Å²) in [5.74, 6) is 1.99. The van der Waals surface area contributed by atoms with E-state index in [1.165, 1.54) is 5.56 Å². The van der Waals surface area contributed by atoms with Crippen molar-refractivity contribution in [2.75, 3.05) is 13.7 Å². The highest BCUT2D eigenvalue weighted by atomic mass is 16.5. The maximum Gasteiger partial charge on any atom is 0.118 e. The van der Waals surface area contributed by atoms with Crippen LogP contribution in [-0.2, 0) is 12.8 Å². The number of hydrogen-bond acceptors (Lipinski definition) is 3. The molecule has 1 aromatic carbocycles. The molecule has 2 aromatic rings. The van der Waals surface area contributed by atoms with Crippen molar-refractivity contribution in [1.82, 2.24) is 15.3 Å². The first-order chi connectivity index (χ1) is 10.3. The first kappa shape index (κ1) is 15.6. The van der Waals surface area contributed by atoms with E-state index in [0.717, 1.165) is 43.8 Å². The largest absolute Gasteiger partial charge is 0.497 e. The fourth-order valence-electron chi connectivity index (χ4n) is 2.32. The molecule has 2 rings (SSSR count). The number of ether oxygens (including phenoxy) is 1. The molecule has 0 spiro atoms. The number of aromatic nitrogens is 2. The minimum absolute atomic E-state index is 0.531. The zero-order valence-electron chi connectivity index (χ0n) is 12.9. The number of hydrogen-bond donors (Lipinski definition) is 2. The van der Waals surface area contributed by atoms with Crippen molar-refractivity contribution in [3.8, 4) is 5.75 Å². The summed E-state index contributed by atoms with van der Waals surface area (Å²) < 4.78 is 5.17. The lowest BCUT2D eigenvalue weighted by atomic mass is 10.1.